The van der Waals surface area contributed by atoms with Crippen molar-refractivity contribution in [3.05, 3.63) is 45.1 Å². The van der Waals surface area contributed by atoms with E-state index in [1.165, 1.54) is 33.4 Å². The number of aryl methyl sites for hydroxylation is 1. The van der Waals surface area contributed by atoms with Crippen molar-refractivity contribution in [1.29, 1.82) is 0 Å². The predicted molar refractivity (Wildman–Crippen MR) is 160 cm³/mol. The van der Waals surface area contributed by atoms with Crippen molar-refractivity contribution in [2.75, 3.05) is 13.2 Å². The summed E-state index contributed by atoms with van der Waals surface area (Å²) in [6.07, 6.45) is -0.00152. The van der Waals surface area contributed by atoms with E-state index in [0.29, 0.717) is 31.4 Å². The van der Waals surface area contributed by atoms with Gasteiger partial charge in [0, 0.05) is 18.7 Å². The summed E-state index contributed by atoms with van der Waals surface area (Å²) in [5.41, 5.74) is 16.2. The number of unbranched alkanes of at least 4 members (excludes halogenated alkanes) is 1. The maximum Gasteiger partial charge on any atom is 0.341 e. The molecular formula is C25H36Cl2N8O7. The number of nitrogens with two attached hydrogens (primary N) is 3. The third kappa shape index (κ3) is 7.67. The molecule has 2 aromatic heterocycles. The number of fused-ring (bicyclic) bond motifs is 1. The third-order valence-corrected chi connectivity index (χ3v) is 6.27. The molecule has 3 rings (SSSR count). The second-order valence-corrected chi connectivity index (χ2v) is 8.97. The second-order valence-electron chi connectivity index (χ2n) is 8.97. The van der Waals surface area contributed by atoms with Gasteiger partial charge in [0.15, 0.2) is 23.9 Å². The van der Waals surface area contributed by atoms with Gasteiger partial charge in [-0.25, -0.2) is 14.6 Å². The van der Waals surface area contributed by atoms with E-state index in [2.05, 4.69) is 10.3 Å². The van der Waals surface area contributed by atoms with Crippen molar-refractivity contribution in [2.45, 2.75) is 58.4 Å². The number of carbonyl (C=O) groups is 3. The van der Waals surface area contributed by atoms with E-state index in [0.717, 1.165) is 4.57 Å². The summed E-state index contributed by atoms with van der Waals surface area (Å²) in [5, 5.41) is 11.4. The summed E-state index contributed by atoms with van der Waals surface area (Å²) in [5.74, 6) is -2.52. The monoisotopic (exact) mass is 630 g/mol. The normalized spacial score (nSPS) is 12.1. The van der Waals surface area contributed by atoms with Crippen LogP contribution in [0.5, 0.6) is 5.75 Å². The number of carboxylic acids is 1. The van der Waals surface area contributed by atoms with Crippen molar-refractivity contribution in [1.82, 2.24) is 24.0 Å². The Labute approximate surface area is 252 Å². The molecule has 1 unspecified atom stereocenters. The van der Waals surface area contributed by atoms with Gasteiger partial charge >= 0.3 is 11.7 Å². The third-order valence-electron chi connectivity index (χ3n) is 6.27. The van der Waals surface area contributed by atoms with E-state index in [-0.39, 0.29) is 60.6 Å². The van der Waals surface area contributed by atoms with Gasteiger partial charge in [0.25, 0.3) is 11.5 Å². The lowest BCUT2D eigenvalue weighted by molar-refractivity contribution is -0.139. The number of hydrogen-bond donors (Lipinski definition) is 5. The average Bonchev–Trinajstić information content (AvgIpc) is 3.31. The first-order chi connectivity index (χ1) is 19.0. The van der Waals surface area contributed by atoms with Gasteiger partial charge < -0.3 is 32.4 Å². The molecule has 15 nitrogen and oxygen atoms in total. The van der Waals surface area contributed by atoms with Crippen LogP contribution in [-0.2, 0) is 27.5 Å². The summed E-state index contributed by atoms with van der Waals surface area (Å²) < 4.78 is 8.70. The lowest BCUT2D eigenvalue weighted by Gasteiger charge is -2.23. The summed E-state index contributed by atoms with van der Waals surface area (Å²) in [7, 11) is 0. The molecule has 0 aliphatic rings. The molecule has 0 spiro atoms. The van der Waals surface area contributed by atoms with Gasteiger partial charge in [-0.2, -0.15) is 0 Å². The molecule has 0 fully saturated rings. The van der Waals surface area contributed by atoms with Crippen LogP contribution >= 0.6 is 24.8 Å². The molecule has 1 aromatic carbocycles. The number of aromatic nitrogens is 4. The van der Waals surface area contributed by atoms with Crippen LogP contribution in [0.3, 0.4) is 0 Å². The van der Waals surface area contributed by atoms with E-state index >= 15 is 0 Å². The summed E-state index contributed by atoms with van der Waals surface area (Å²) in [6.45, 7) is 3.40. The number of halogens is 2. The van der Waals surface area contributed by atoms with Crippen LogP contribution in [0.4, 0.5) is 0 Å². The molecule has 3 aromatic rings. The SMILES string of the molecule is CCn1c(=O)c2nc(-c3ccc(OCC(=O)O)cc3)n(C(NC(=O)[C@H](N)CCCCN)C(N)=O)c2n(CC)c1=O.Cl.Cl. The van der Waals surface area contributed by atoms with Crippen molar-refractivity contribution in [3.63, 3.8) is 0 Å². The van der Waals surface area contributed by atoms with Crippen LogP contribution in [-0.4, -0.2) is 60.8 Å². The fraction of sp³-hybridized carbons (Fsp3) is 0.440. The Morgan fingerprint density at radius 3 is 2.19 bits per heavy atom. The summed E-state index contributed by atoms with van der Waals surface area (Å²) in [4.78, 5) is 67.6. The Bertz CT molecular complexity index is 1520. The van der Waals surface area contributed by atoms with E-state index in [1.54, 1.807) is 13.8 Å². The number of carboxylic acid groups (broad SMARTS) is 1. The highest BCUT2D eigenvalue weighted by Crippen LogP contribution is 2.28. The average molecular weight is 632 g/mol. The Hall–Kier alpha value is -3.92. The molecule has 8 N–H and O–H groups in total. The molecule has 2 heterocycles. The Balaban J connectivity index is 0.00000441. The Morgan fingerprint density at radius 1 is 1.05 bits per heavy atom. The standard InChI is InChI=1S/C25H34N8O7.2ClH/c1-3-31-23-18(24(38)32(4-2)25(31)39)29-20(14-8-10-15(11-9-14)40-13-17(34)35)33(23)21(19(28)36)30-22(37)16(27)7-5-6-12-26;;/h8-11,16,21H,3-7,12-13,26-27H2,1-2H3,(H2,28,36)(H,30,37)(H,34,35);2*1H/t16-,21?;;/m1../s1. The predicted octanol–water partition coefficient (Wildman–Crippen LogP) is -0.0701. The minimum Gasteiger partial charge on any atom is -0.482 e. The molecule has 0 radical (unpaired) electrons. The van der Waals surface area contributed by atoms with Crippen LogP contribution in [0.1, 0.15) is 39.3 Å². The number of benzene rings is 1. The highest BCUT2D eigenvalue weighted by atomic mass is 35.5. The number of ether oxygens (including phenoxy) is 1. The van der Waals surface area contributed by atoms with Gasteiger partial charge in [0.2, 0.25) is 5.91 Å². The maximum atomic E-state index is 13.3. The first-order valence-corrected chi connectivity index (χ1v) is 12.8. The maximum absolute atomic E-state index is 13.3. The van der Waals surface area contributed by atoms with Gasteiger partial charge in [-0.3, -0.25) is 28.1 Å². The van der Waals surface area contributed by atoms with E-state index in [1.807, 2.05) is 0 Å². The number of nitrogens with one attached hydrogen (secondary N) is 1. The Morgan fingerprint density at radius 2 is 1.67 bits per heavy atom. The van der Waals surface area contributed by atoms with Gasteiger partial charge in [-0.05, 0) is 57.5 Å². The summed E-state index contributed by atoms with van der Waals surface area (Å²) in [6, 6.07) is 5.04. The van der Waals surface area contributed by atoms with Gasteiger partial charge in [0.1, 0.15) is 11.6 Å². The molecule has 232 valence electrons. The van der Waals surface area contributed by atoms with Crippen LogP contribution in [0.15, 0.2) is 33.9 Å². The van der Waals surface area contributed by atoms with Crippen molar-refractivity contribution in [3.8, 4) is 17.1 Å². The number of rotatable bonds is 14. The minimum absolute atomic E-state index is 0. The molecule has 42 heavy (non-hydrogen) atoms. The van der Waals surface area contributed by atoms with Crippen LogP contribution in [0.25, 0.3) is 22.6 Å². The lowest BCUT2D eigenvalue weighted by Crippen LogP contribution is -2.48. The fourth-order valence-electron chi connectivity index (χ4n) is 4.28. The number of primary amides is 1. The van der Waals surface area contributed by atoms with Crippen molar-refractivity contribution < 1.29 is 24.2 Å². The van der Waals surface area contributed by atoms with E-state index in [4.69, 9.17) is 27.0 Å². The van der Waals surface area contributed by atoms with Crippen LogP contribution < -0.4 is 38.5 Å². The lowest BCUT2D eigenvalue weighted by atomic mass is 10.1. The van der Waals surface area contributed by atoms with Gasteiger partial charge in [-0.15, -0.1) is 24.8 Å². The molecule has 0 bridgehead atoms. The van der Waals surface area contributed by atoms with Gasteiger partial charge in [-0.1, -0.05) is 6.42 Å². The number of nitrogens with zero attached hydrogens (tertiary/aromatic N) is 4. The Kier molecular flexibility index (Phi) is 13.7. The summed E-state index contributed by atoms with van der Waals surface area (Å²) >= 11 is 0. The number of amides is 2. The highest BCUT2D eigenvalue weighted by Gasteiger charge is 2.31. The van der Waals surface area contributed by atoms with E-state index < -0.39 is 47.8 Å². The van der Waals surface area contributed by atoms with Crippen LogP contribution in [0.2, 0.25) is 0 Å². The second kappa shape index (κ2) is 15.9. The number of hydrogen-bond acceptors (Lipinski definition) is 9. The molecule has 2 amide bonds. The topological polar surface area (TPSA) is 233 Å². The molecule has 0 saturated heterocycles. The van der Waals surface area contributed by atoms with E-state index in [9.17, 15) is 24.0 Å². The number of imidazole rings is 1. The molecular weight excluding hydrogens is 595 g/mol. The van der Waals surface area contributed by atoms with Crippen LogP contribution in [0, 0.1) is 0 Å². The van der Waals surface area contributed by atoms with Crippen molar-refractivity contribution >= 4 is 53.8 Å². The number of aliphatic carboxylic acids is 1. The first-order valence-electron chi connectivity index (χ1n) is 12.8. The van der Waals surface area contributed by atoms with Crippen molar-refractivity contribution in [2.24, 2.45) is 17.2 Å². The molecule has 0 aliphatic carbocycles. The molecule has 0 aliphatic heterocycles. The largest absolute Gasteiger partial charge is 0.482 e. The zero-order valence-corrected chi connectivity index (χ0v) is 24.8. The highest BCUT2D eigenvalue weighted by molar-refractivity contribution is 5.90. The molecule has 17 heteroatoms. The zero-order chi connectivity index (χ0) is 29.6. The van der Waals surface area contributed by atoms with Gasteiger partial charge in [0.05, 0.1) is 6.04 Å². The quantitative estimate of drug-likeness (QED) is 0.149. The smallest absolute Gasteiger partial charge is 0.341 e. The molecule has 0 saturated carbocycles. The minimum atomic E-state index is -1.56. The fourth-order valence-corrected chi connectivity index (χ4v) is 4.28. The molecule has 2 atom stereocenters. The first kappa shape index (κ1) is 36.1. The zero-order valence-electron chi connectivity index (χ0n) is 23.1. The number of carbonyl (C=O) groups excluding carboxylic acids is 2.